The first-order chi connectivity index (χ1) is 8.77. The highest BCUT2D eigenvalue weighted by Crippen LogP contribution is 2.26. The number of carboxylic acids is 1. The Morgan fingerprint density at radius 3 is 2.11 bits per heavy atom. The van der Waals surface area contributed by atoms with Crippen molar-refractivity contribution in [2.24, 2.45) is 0 Å². The Kier molecular flexibility index (Phi) is 2.80. The van der Waals surface area contributed by atoms with E-state index in [0.717, 1.165) is 6.92 Å². The van der Waals surface area contributed by atoms with Gasteiger partial charge in [0.25, 0.3) is 0 Å². The second-order valence-electron chi connectivity index (χ2n) is 3.63. The van der Waals surface area contributed by atoms with E-state index in [2.05, 4.69) is 4.42 Å². The number of rotatable bonds is 1. The third kappa shape index (κ3) is 1.67. The van der Waals surface area contributed by atoms with Gasteiger partial charge in [0, 0.05) is 0 Å². The van der Waals surface area contributed by atoms with Crippen LogP contribution in [0.15, 0.2) is 9.21 Å². The van der Waals surface area contributed by atoms with E-state index >= 15 is 0 Å². The number of aryl methyl sites for hydroxylation is 1. The monoisotopic (exact) mass is 276 g/mol. The molecule has 0 aliphatic rings. The van der Waals surface area contributed by atoms with Crippen LogP contribution < -0.4 is 5.43 Å². The molecule has 4 nitrogen and oxygen atoms in total. The molecule has 19 heavy (non-hydrogen) atoms. The van der Waals surface area contributed by atoms with Crippen LogP contribution in [0.3, 0.4) is 0 Å². The molecule has 2 aromatic rings. The van der Waals surface area contributed by atoms with Gasteiger partial charge in [-0.3, -0.25) is 4.79 Å². The first-order valence-electron chi connectivity index (χ1n) is 4.80. The van der Waals surface area contributed by atoms with Gasteiger partial charge in [0.1, 0.15) is 16.7 Å². The average Bonchev–Trinajstić information content (AvgIpc) is 2.32. The Balaban J connectivity index is 3.16. The molecule has 1 heterocycles. The zero-order chi connectivity index (χ0) is 14.5. The quantitative estimate of drug-likeness (QED) is 0.493. The molecule has 1 aromatic carbocycles. The SMILES string of the molecule is Cc1oc2c(F)c(F)c(F)c(F)c2c(=O)c1C(=O)O. The van der Waals surface area contributed by atoms with Gasteiger partial charge in [-0.2, -0.15) is 4.39 Å². The maximum Gasteiger partial charge on any atom is 0.343 e. The third-order valence-corrected chi connectivity index (χ3v) is 2.50. The van der Waals surface area contributed by atoms with E-state index in [4.69, 9.17) is 5.11 Å². The standard InChI is InChI=1S/C11H4F4O4/c1-2-3(11(17)18)9(16)4-5(12)6(13)7(14)8(15)10(4)19-2/h1H3,(H,17,18). The summed E-state index contributed by atoms with van der Waals surface area (Å²) in [4.78, 5) is 22.5. The number of carbonyl (C=O) groups is 1. The van der Waals surface area contributed by atoms with Crippen molar-refractivity contribution in [2.45, 2.75) is 6.92 Å². The highest BCUT2D eigenvalue weighted by Gasteiger charge is 2.28. The van der Waals surface area contributed by atoms with Gasteiger partial charge in [-0.25, -0.2) is 18.0 Å². The van der Waals surface area contributed by atoms with Crippen molar-refractivity contribution in [1.29, 1.82) is 0 Å². The smallest absolute Gasteiger partial charge is 0.343 e. The van der Waals surface area contributed by atoms with Crippen LogP contribution in [-0.2, 0) is 0 Å². The number of halogens is 4. The molecule has 8 heteroatoms. The normalized spacial score (nSPS) is 11.0. The summed E-state index contributed by atoms with van der Waals surface area (Å²) < 4.78 is 57.4. The number of carboxylic acid groups (broad SMARTS) is 1. The van der Waals surface area contributed by atoms with Gasteiger partial charge in [0.15, 0.2) is 17.2 Å². The van der Waals surface area contributed by atoms with Crippen LogP contribution in [0.25, 0.3) is 11.0 Å². The number of fused-ring (bicyclic) bond motifs is 1. The lowest BCUT2D eigenvalue weighted by Gasteiger charge is -2.06. The van der Waals surface area contributed by atoms with Crippen molar-refractivity contribution >= 4 is 16.9 Å². The van der Waals surface area contributed by atoms with E-state index in [9.17, 15) is 27.2 Å². The molecule has 0 spiro atoms. The van der Waals surface area contributed by atoms with Gasteiger partial charge in [-0.1, -0.05) is 0 Å². The maximum atomic E-state index is 13.4. The van der Waals surface area contributed by atoms with E-state index in [0.29, 0.717) is 0 Å². The number of benzene rings is 1. The highest BCUT2D eigenvalue weighted by molar-refractivity contribution is 5.93. The second-order valence-corrected chi connectivity index (χ2v) is 3.63. The Morgan fingerprint density at radius 2 is 1.58 bits per heavy atom. The predicted molar refractivity (Wildman–Crippen MR) is 54.0 cm³/mol. The number of hydrogen-bond acceptors (Lipinski definition) is 3. The molecule has 0 radical (unpaired) electrons. The van der Waals surface area contributed by atoms with Gasteiger partial charge < -0.3 is 9.52 Å². The van der Waals surface area contributed by atoms with Gasteiger partial charge >= 0.3 is 5.97 Å². The van der Waals surface area contributed by atoms with Gasteiger partial charge in [0.2, 0.25) is 17.1 Å². The van der Waals surface area contributed by atoms with Crippen LogP contribution >= 0.6 is 0 Å². The molecule has 0 atom stereocenters. The van der Waals surface area contributed by atoms with Crippen molar-refractivity contribution in [3.8, 4) is 0 Å². The lowest BCUT2D eigenvalue weighted by atomic mass is 10.1. The molecule has 1 aromatic heterocycles. The topological polar surface area (TPSA) is 67.5 Å². The van der Waals surface area contributed by atoms with E-state index in [-0.39, 0.29) is 0 Å². The van der Waals surface area contributed by atoms with E-state index in [1.165, 1.54) is 0 Å². The van der Waals surface area contributed by atoms with E-state index in [1.54, 1.807) is 0 Å². The van der Waals surface area contributed by atoms with E-state index in [1.807, 2.05) is 0 Å². The van der Waals surface area contributed by atoms with Crippen LogP contribution in [-0.4, -0.2) is 11.1 Å². The summed E-state index contributed by atoms with van der Waals surface area (Å²) in [5.74, 6) is -10.5. The lowest BCUT2D eigenvalue weighted by molar-refractivity contribution is 0.0692. The van der Waals surface area contributed by atoms with Gasteiger partial charge in [-0.05, 0) is 6.92 Å². The minimum atomic E-state index is -2.21. The minimum Gasteiger partial charge on any atom is -0.477 e. The number of aromatic carboxylic acids is 1. The fraction of sp³-hybridized carbons (Fsp3) is 0.0909. The van der Waals surface area contributed by atoms with Crippen LogP contribution in [0.4, 0.5) is 17.6 Å². The zero-order valence-electron chi connectivity index (χ0n) is 9.18. The molecule has 0 amide bonds. The molecule has 0 bridgehead atoms. The van der Waals surface area contributed by atoms with Crippen LogP contribution in [0.2, 0.25) is 0 Å². The predicted octanol–water partition coefficient (Wildman–Crippen LogP) is 2.36. The molecular weight excluding hydrogens is 272 g/mol. The largest absolute Gasteiger partial charge is 0.477 e. The van der Waals surface area contributed by atoms with Crippen LogP contribution in [0, 0.1) is 30.2 Å². The summed E-state index contributed by atoms with van der Waals surface area (Å²) in [7, 11) is 0. The Hall–Kier alpha value is -2.38. The minimum absolute atomic E-state index is 0.547. The van der Waals surface area contributed by atoms with Crippen molar-refractivity contribution in [3.63, 3.8) is 0 Å². The molecule has 0 aliphatic carbocycles. The van der Waals surface area contributed by atoms with Crippen LogP contribution in [0.1, 0.15) is 16.1 Å². The Morgan fingerprint density at radius 1 is 1.05 bits per heavy atom. The fourth-order valence-corrected chi connectivity index (χ4v) is 1.65. The molecule has 0 saturated carbocycles. The van der Waals surface area contributed by atoms with Gasteiger partial charge in [-0.15, -0.1) is 0 Å². The van der Waals surface area contributed by atoms with Crippen molar-refractivity contribution in [2.75, 3.05) is 0 Å². The first kappa shape index (κ1) is 13.1. The van der Waals surface area contributed by atoms with Crippen LogP contribution in [0.5, 0.6) is 0 Å². The van der Waals surface area contributed by atoms with Crippen molar-refractivity contribution in [1.82, 2.24) is 0 Å². The zero-order valence-corrected chi connectivity index (χ0v) is 9.18. The van der Waals surface area contributed by atoms with Crippen molar-refractivity contribution in [3.05, 3.63) is 44.8 Å². The number of hydrogen-bond donors (Lipinski definition) is 1. The molecule has 0 fully saturated rings. The summed E-state index contributed by atoms with van der Waals surface area (Å²) in [5, 5.41) is 7.47. The second kappa shape index (κ2) is 4.08. The summed E-state index contributed by atoms with van der Waals surface area (Å²) >= 11 is 0. The maximum absolute atomic E-state index is 13.4. The van der Waals surface area contributed by atoms with Crippen molar-refractivity contribution < 1.29 is 31.9 Å². The fourth-order valence-electron chi connectivity index (χ4n) is 1.65. The molecule has 1 N–H and O–H groups in total. The molecule has 0 unspecified atom stereocenters. The molecule has 2 rings (SSSR count). The summed E-state index contributed by atoms with van der Waals surface area (Å²) in [5.41, 5.74) is -3.62. The average molecular weight is 276 g/mol. The molecular formula is C11H4F4O4. The highest BCUT2D eigenvalue weighted by atomic mass is 19.2. The summed E-state index contributed by atoms with van der Waals surface area (Å²) in [6.07, 6.45) is 0. The summed E-state index contributed by atoms with van der Waals surface area (Å²) in [6, 6.07) is 0. The Labute approximate surface area is 101 Å². The van der Waals surface area contributed by atoms with E-state index < -0.39 is 57.0 Å². The molecule has 0 aliphatic heterocycles. The van der Waals surface area contributed by atoms with Gasteiger partial charge in [0.05, 0.1) is 0 Å². The molecule has 100 valence electrons. The Bertz CT molecular complexity index is 779. The summed E-state index contributed by atoms with van der Waals surface area (Å²) in [6.45, 7) is 1.00. The third-order valence-electron chi connectivity index (χ3n) is 2.50. The molecule has 0 saturated heterocycles. The first-order valence-corrected chi connectivity index (χ1v) is 4.80. The lowest BCUT2D eigenvalue weighted by Crippen LogP contribution is -2.19.